The molecule has 152 valence electrons. The van der Waals surface area contributed by atoms with Crippen molar-refractivity contribution in [1.29, 1.82) is 0 Å². The number of nitrogens with one attached hydrogen (secondary N) is 1. The number of rotatable bonds is 7. The second-order valence-electron chi connectivity index (χ2n) is 6.68. The number of hydrogen-bond acceptors (Lipinski definition) is 5. The van der Waals surface area contributed by atoms with Crippen LogP contribution in [0.5, 0.6) is 5.75 Å². The van der Waals surface area contributed by atoms with Crippen LogP contribution in [0.1, 0.15) is 19.4 Å². The fraction of sp³-hybridized carbons (Fsp3) is 0.238. The monoisotopic (exact) mass is 419 g/mol. The lowest BCUT2D eigenvalue weighted by Gasteiger charge is -2.14. The lowest BCUT2D eigenvalue weighted by molar-refractivity contribution is -0.140. The van der Waals surface area contributed by atoms with Gasteiger partial charge in [0.2, 0.25) is 5.95 Å². The molecule has 0 saturated carbocycles. The third-order valence-electron chi connectivity index (χ3n) is 3.69. The molecule has 0 bridgehead atoms. The van der Waals surface area contributed by atoms with Gasteiger partial charge in [0.25, 0.3) is 0 Å². The van der Waals surface area contributed by atoms with Crippen LogP contribution in [-0.2, 0) is 6.18 Å². The molecule has 0 unspecified atom stereocenters. The minimum absolute atomic E-state index is 0.0810. The Kier molecular flexibility index (Phi) is 6.64. The van der Waals surface area contributed by atoms with E-state index >= 15 is 0 Å². The predicted molar refractivity (Wildman–Crippen MR) is 108 cm³/mol. The van der Waals surface area contributed by atoms with Crippen LogP contribution in [0.25, 0.3) is 0 Å². The zero-order chi connectivity index (χ0) is 20.9. The van der Waals surface area contributed by atoms with Crippen LogP contribution in [0.4, 0.5) is 24.8 Å². The standard InChI is InChI=1S/C21H20F3N3OS/c1-14(2)13-28-16-8-6-7-15(11-16)26-20-25-12-18(21(22,23)24)19(27-20)29-17-9-4-3-5-10-17/h3-12,14H,13H2,1-2H3,(H,25,26,27). The molecule has 0 atom stereocenters. The fourth-order valence-electron chi connectivity index (χ4n) is 2.35. The lowest BCUT2D eigenvalue weighted by Crippen LogP contribution is -2.10. The molecule has 0 aliphatic rings. The first kappa shape index (κ1) is 21.0. The molecule has 0 radical (unpaired) electrons. The van der Waals surface area contributed by atoms with Gasteiger partial charge < -0.3 is 10.1 Å². The Morgan fingerprint density at radius 3 is 2.52 bits per heavy atom. The number of aromatic nitrogens is 2. The summed E-state index contributed by atoms with van der Waals surface area (Å²) in [6.45, 7) is 4.66. The summed E-state index contributed by atoms with van der Waals surface area (Å²) >= 11 is 0.944. The molecule has 0 fully saturated rings. The molecule has 0 spiro atoms. The molecule has 0 aliphatic carbocycles. The van der Waals surface area contributed by atoms with Gasteiger partial charge in [0, 0.05) is 22.8 Å². The van der Waals surface area contributed by atoms with E-state index in [0.717, 1.165) is 18.0 Å². The summed E-state index contributed by atoms with van der Waals surface area (Å²) in [6.07, 6.45) is -3.74. The predicted octanol–water partition coefficient (Wildman–Crippen LogP) is 6.43. The van der Waals surface area contributed by atoms with Gasteiger partial charge in [-0.05, 0) is 30.2 Å². The summed E-state index contributed by atoms with van der Waals surface area (Å²) in [7, 11) is 0. The molecule has 1 aromatic heterocycles. The number of anilines is 2. The average molecular weight is 419 g/mol. The molecule has 1 heterocycles. The van der Waals surface area contributed by atoms with Crippen molar-refractivity contribution in [2.75, 3.05) is 11.9 Å². The minimum Gasteiger partial charge on any atom is -0.493 e. The van der Waals surface area contributed by atoms with Gasteiger partial charge in [-0.3, -0.25) is 0 Å². The maximum absolute atomic E-state index is 13.4. The van der Waals surface area contributed by atoms with Crippen LogP contribution in [-0.4, -0.2) is 16.6 Å². The van der Waals surface area contributed by atoms with Crippen molar-refractivity contribution >= 4 is 23.4 Å². The fourth-order valence-corrected chi connectivity index (χ4v) is 3.28. The Morgan fingerprint density at radius 2 is 1.83 bits per heavy atom. The highest BCUT2D eigenvalue weighted by molar-refractivity contribution is 7.99. The lowest BCUT2D eigenvalue weighted by atomic mass is 10.2. The Hall–Kier alpha value is -2.74. The quantitative estimate of drug-likeness (QED) is 0.448. The summed E-state index contributed by atoms with van der Waals surface area (Å²) in [5, 5.41) is 2.80. The molecule has 0 aliphatic heterocycles. The Morgan fingerprint density at radius 1 is 1.07 bits per heavy atom. The van der Waals surface area contributed by atoms with E-state index in [0.29, 0.717) is 28.9 Å². The number of hydrogen-bond donors (Lipinski definition) is 1. The van der Waals surface area contributed by atoms with Crippen molar-refractivity contribution in [3.8, 4) is 5.75 Å². The maximum Gasteiger partial charge on any atom is 0.420 e. The minimum atomic E-state index is -4.54. The molecule has 0 saturated heterocycles. The zero-order valence-electron chi connectivity index (χ0n) is 15.9. The smallest absolute Gasteiger partial charge is 0.420 e. The van der Waals surface area contributed by atoms with Crippen LogP contribution in [0.3, 0.4) is 0 Å². The first-order valence-corrected chi connectivity index (χ1v) is 9.80. The van der Waals surface area contributed by atoms with Gasteiger partial charge in [-0.15, -0.1) is 0 Å². The van der Waals surface area contributed by atoms with Crippen molar-refractivity contribution in [3.05, 3.63) is 66.4 Å². The highest BCUT2D eigenvalue weighted by Gasteiger charge is 2.35. The highest BCUT2D eigenvalue weighted by atomic mass is 32.2. The van der Waals surface area contributed by atoms with E-state index in [-0.39, 0.29) is 11.0 Å². The summed E-state index contributed by atoms with van der Waals surface area (Å²) in [4.78, 5) is 8.62. The van der Waals surface area contributed by atoms with Gasteiger partial charge in [0.05, 0.1) is 6.61 Å². The van der Waals surface area contributed by atoms with Crippen LogP contribution >= 0.6 is 11.8 Å². The molecule has 4 nitrogen and oxygen atoms in total. The van der Waals surface area contributed by atoms with E-state index in [1.165, 1.54) is 0 Å². The number of halogens is 3. The summed E-state index contributed by atoms with van der Waals surface area (Å²) in [5.41, 5.74) is -0.243. The van der Waals surface area contributed by atoms with Gasteiger partial charge in [0.1, 0.15) is 16.3 Å². The average Bonchev–Trinajstić information content (AvgIpc) is 2.67. The highest BCUT2D eigenvalue weighted by Crippen LogP contribution is 2.38. The van der Waals surface area contributed by atoms with E-state index < -0.39 is 11.7 Å². The Bertz CT molecular complexity index is 949. The maximum atomic E-state index is 13.4. The number of ether oxygens (including phenoxy) is 1. The second kappa shape index (κ2) is 9.17. The molecule has 3 aromatic rings. The van der Waals surface area contributed by atoms with Crippen LogP contribution in [0.15, 0.2) is 70.7 Å². The van der Waals surface area contributed by atoms with Gasteiger partial charge in [0.15, 0.2) is 0 Å². The number of nitrogens with zero attached hydrogens (tertiary/aromatic N) is 2. The Balaban J connectivity index is 1.85. The third kappa shape index (κ3) is 6.12. The van der Waals surface area contributed by atoms with Gasteiger partial charge in [-0.2, -0.15) is 13.2 Å². The van der Waals surface area contributed by atoms with Gasteiger partial charge in [-0.25, -0.2) is 9.97 Å². The zero-order valence-corrected chi connectivity index (χ0v) is 16.7. The second-order valence-corrected chi connectivity index (χ2v) is 7.75. The SMILES string of the molecule is CC(C)COc1cccc(Nc2ncc(C(F)(F)F)c(Sc3ccccc3)n2)c1. The van der Waals surface area contributed by atoms with E-state index in [1.807, 2.05) is 19.9 Å². The van der Waals surface area contributed by atoms with Crippen LogP contribution in [0, 0.1) is 5.92 Å². The van der Waals surface area contributed by atoms with Crippen LogP contribution in [0.2, 0.25) is 0 Å². The van der Waals surface area contributed by atoms with Crippen molar-refractivity contribution < 1.29 is 17.9 Å². The largest absolute Gasteiger partial charge is 0.493 e. The van der Waals surface area contributed by atoms with Crippen molar-refractivity contribution in [2.24, 2.45) is 5.92 Å². The van der Waals surface area contributed by atoms with E-state index in [4.69, 9.17) is 4.74 Å². The molecule has 29 heavy (non-hydrogen) atoms. The molecule has 3 rings (SSSR count). The summed E-state index contributed by atoms with van der Waals surface area (Å²) < 4.78 is 45.8. The first-order chi connectivity index (χ1) is 13.8. The van der Waals surface area contributed by atoms with Crippen molar-refractivity contribution in [2.45, 2.75) is 29.9 Å². The normalized spacial score (nSPS) is 11.5. The summed E-state index contributed by atoms with van der Waals surface area (Å²) in [5.74, 6) is 1.12. The molecular formula is C21H20F3N3OS. The van der Waals surface area contributed by atoms with Gasteiger partial charge in [-0.1, -0.05) is 49.9 Å². The molecular weight excluding hydrogens is 399 g/mol. The van der Waals surface area contributed by atoms with E-state index in [1.54, 1.807) is 48.5 Å². The van der Waals surface area contributed by atoms with Crippen molar-refractivity contribution in [1.82, 2.24) is 9.97 Å². The Labute approximate surface area is 171 Å². The molecule has 1 N–H and O–H groups in total. The van der Waals surface area contributed by atoms with E-state index in [2.05, 4.69) is 15.3 Å². The summed E-state index contributed by atoms with van der Waals surface area (Å²) in [6, 6.07) is 15.9. The van der Waals surface area contributed by atoms with Crippen LogP contribution < -0.4 is 10.1 Å². The number of alkyl halides is 3. The molecule has 8 heteroatoms. The van der Waals surface area contributed by atoms with Gasteiger partial charge >= 0.3 is 6.18 Å². The topological polar surface area (TPSA) is 47.0 Å². The third-order valence-corrected chi connectivity index (χ3v) is 4.70. The van der Waals surface area contributed by atoms with Crippen molar-refractivity contribution in [3.63, 3.8) is 0 Å². The molecule has 2 aromatic carbocycles. The first-order valence-electron chi connectivity index (χ1n) is 8.98. The van der Waals surface area contributed by atoms with E-state index in [9.17, 15) is 13.2 Å². The molecule has 0 amide bonds. The number of benzene rings is 2.